The Labute approximate surface area is 441 Å². The van der Waals surface area contributed by atoms with Gasteiger partial charge in [0, 0.05) is 70.8 Å². The number of carbonyl (C=O) groups is 1. The molecule has 4 heterocycles. The van der Waals surface area contributed by atoms with E-state index in [1.54, 1.807) is 60.1 Å². The first-order valence-corrected chi connectivity index (χ1v) is 28.3. The van der Waals surface area contributed by atoms with Crippen molar-refractivity contribution < 1.29 is 61.3 Å². The van der Waals surface area contributed by atoms with Crippen LogP contribution in [0.4, 0.5) is 4.39 Å². The van der Waals surface area contributed by atoms with Gasteiger partial charge in [-0.1, -0.05) is 57.9 Å². The van der Waals surface area contributed by atoms with Crippen LogP contribution in [0, 0.1) is 41.4 Å². The van der Waals surface area contributed by atoms with E-state index in [2.05, 4.69) is 28.1 Å². The fourth-order valence-electron chi connectivity index (χ4n) is 12.3. The molecule has 19 atom stereocenters. The predicted octanol–water partition coefficient (Wildman–Crippen LogP) is 5.99. The molecule has 74 heavy (non-hydrogen) atoms. The molecule has 1 aromatic carbocycles. The van der Waals surface area contributed by atoms with Crippen molar-refractivity contribution in [1.82, 2.24) is 24.8 Å². The highest BCUT2D eigenvalue weighted by Crippen LogP contribution is 2.45. The second-order valence-corrected chi connectivity index (χ2v) is 24.9. The average molecular weight is 1060 g/mol. The van der Waals surface area contributed by atoms with Gasteiger partial charge in [-0.3, -0.25) is 4.79 Å². The summed E-state index contributed by atoms with van der Waals surface area (Å²) in [5.41, 5.74) is -2.51. The minimum Gasteiger partial charge on any atom is -0.460 e. The molecule has 0 aliphatic carbocycles. The van der Waals surface area contributed by atoms with Crippen molar-refractivity contribution >= 4 is 15.8 Å². The van der Waals surface area contributed by atoms with Crippen LogP contribution >= 0.6 is 0 Å². The predicted molar refractivity (Wildman–Crippen MR) is 279 cm³/mol. The lowest BCUT2D eigenvalue weighted by Crippen LogP contribution is -2.60. The Bertz CT molecular complexity index is 2270. The zero-order chi connectivity index (χ0) is 55.2. The van der Waals surface area contributed by atoms with Crippen LogP contribution in [0.3, 0.4) is 0 Å². The minimum absolute atomic E-state index is 0.0229. The summed E-state index contributed by atoms with van der Waals surface area (Å²) in [5.74, 6) is 0.0528. The van der Waals surface area contributed by atoms with Crippen molar-refractivity contribution in [3.05, 3.63) is 41.7 Å². The van der Waals surface area contributed by atoms with Crippen LogP contribution in [0.1, 0.15) is 132 Å². The number of sulfone groups is 1. The van der Waals surface area contributed by atoms with Crippen molar-refractivity contribution in [3.63, 3.8) is 0 Å². The van der Waals surface area contributed by atoms with Crippen LogP contribution in [0.2, 0.25) is 0 Å². The molecular formula is C55H90FN5O12S. The summed E-state index contributed by atoms with van der Waals surface area (Å²) in [6, 6.07) is 4.98. The van der Waals surface area contributed by atoms with Gasteiger partial charge in [-0.15, -0.1) is 11.5 Å². The van der Waals surface area contributed by atoms with Gasteiger partial charge in [0.1, 0.15) is 31.0 Å². The molecule has 0 spiro atoms. The van der Waals surface area contributed by atoms with E-state index in [4.69, 9.17) is 34.8 Å². The Balaban J connectivity index is 1.43. The standard InChI is InChI=1S/C55H90FN5O12S/c1-17-45-53(10,18-2)49(62)37(8)60(14)31-33(4)28-54(11,65)51(35(6)47(36(7)52(64)72-45)44-29-55(12,69-16)50(63)38(9)71-44)73-46-27-41(26-34(5)70-46)59(13)25-24-40-32-61(58-57-40)43(30-56)48(68-15)39-20-22-42(23-21-39)74(66,67)19-3/h2,20-23,32-38,41,43-51,62-63,65H,17,19,24-31H2,1,3-16H3/t33-,34-,35+,36-,37-,38+,41+,43-,44?,45-,46+,47+,48-,49-,50+,51-,53+,54-,55-/m1/s1. The molecule has 0 radical (unpaired) electrons. The maximum absolute atomic E-state index is 14.8. The van der Waals surface area contributed by atoms with E-state index in [0.29, 0.717) is 50.0 Å². The molecule has 0 saturated carbocycles. The first kappa shape index (κ1) is 61.7. The number of esters is 1. The number of benzene rings is 1. The highest BCUT2D eigenvalue weighted by Gasteiger charge is 2.54. The Kier molecular flexibility index (Phi) is 21.3. The van der Waals surface area contributed by atoms with E-state index in [0.717, 1.165) is 0 Å². The third-order valence-corrected chi connectivity index (χ3v) is 18.8. The van der Waals surface area contributed by atoms with Gasteiger partial charge in [0.05, 0.1) is 69.4 Å². The first-order chi connectivity index (χ1) is 34.6. The van der Waals surface area contributed by atoms with Gasteiger partial charge in [-0.25, -0.2) is 17.5 Å². The molecule has 3 aliphatic rings. The molecule has 3 N–H and O–H groups in total. The number of rotatable bonds is 16. The SMILES string of the molecule is C#C[C@]1(C)[C@H](O)[C@@H](C)N(C)C[C@H](C)C[C@@](C)(O)[C@H](O[C@H]2C[C@@H](N(C)CCc3cn([C@H](CF)[C@H](OC)c4ccc(S(=O)(=O)CC)cc4)nn3)C[C@@H](C)O2)[C@@H](C)[C@H](C2C[C@@](C)(OC)[C@@H](O)[C@H](C)O2)[C@@H](C)C(=O)O[C@@H]1CC. The summed E-state index contributed by atoms with van der Waals surface area (Å²) < 4.78 is 79.7. The number of cyclic esters (lactones) is 1. The van der Waals surface area contributed by atoms with Gasteiger partial charge in [-0.05, 0) is 104 Å². The van der Waals surface area contributed by atoms with Crippen molar-refractivity contribution in [2.24, 2.45) is 29.1 Å². The third kappa shape index (κ3) is 13.8. The van der Waals surface area contributed by atoms with E-state index >= 15 is 0 Å². The van der Waals surface area contributed by atoms with Gasteiger partial charge in [0.2, 0.25) is 0 Å². The van der Waals surface area contributed by atoms with Crippen LogP contribution in [0.5, 0.6) is 0 Å². The number of terminal acetylenes is 1. The summed E-state index contributed by atoms with van der Waals surface area (Å²) in [6.07, 6.45) is 3.57. The number of methoxy groups -OCH3 is 2. The van der Waals surface area contributed by atoms with E-state index in [-0.39, 0.29) is 41.6 Å². The number of nitrogens with zero attached hydrogens (tertiary/aromatic N) is 5. The molecule has 2 aromatic rings. The molecular weight excluding hydrogens is 974 g/mol. The molecule has 1 aromatic heterocycles. The van der Waals surface area contributed by atoms with Crippen LogP contribution in [0.15, 0.2) is 35.4 Å². The molecule has 3 aliphatic heterocycles. The summed E-state index contributed by atoms with van der Waals surface area (Å²) >= 11 is 0. The van der Waals surface area contributed by atoms with Crippen LogP contribution in [0.25, 0.3) is 0 Å². The monoisotopic (exact) mass is 1060 g/mol. The van der Waals surface area contributed by atoms with E-state index in [1.807, 2.05) is 53.6 Å². The van der Waals surface area contributed by atoms with Crippen molar-refractivity contribution in [2.75, 3.05) is 53.8 Å². The summed E-state index contributed by atoms with van der Waals surface area (Å²) in [7, 11) is 3.56. The number of carbonyl (C=O) groups excluding carboxylic acids is 1. The van der Waals surface area contributed by atoms with Crippen molar-refractivity contribution in [1.29, 1.82) is 0 Å². The van der Waals surface area contributed by atoms with Crippen LogP contribution in [-0.4, -0.2) is 181 Å². The number of aliphatic hydroxyl groups excluding tert-OH is 2. The van der Waals surface area contributed by atoms with Gasteiger partial charge >= 0.3 is 5.97 Å². The Hall–Kier alpha value is -3.13. The lowest BCUT2D eigenvalue weighted by atomic mass is 9.68. The molecule has 5 rings (SSSR count). The zero-order valence-corrected chi connectivity index (χ0v) is 47.6. The number of ether oxygens (including phenoxy) is 6. The quantitative estimate of drug-likeness (QED) is 0.131. The molecule has 420 valence electrons. The second-order valence-electron chi connectivity index (χ2n) is 22.7. The number of alkyl halides is 1. The molecule has 3 fully saturated rings. The fraction of sp³-hybridized carbons (Fsp3) is 0.800. The molecule has 0 amide bonds. The number of likely N-dealkylation sites (N-methyl/N-ethyl adjacent to an activating group) is 2. The lowest BCUT2D eigenvalue weighted by molar-refractivity contribution is -0.275. The number of aliphatic hydroxyl groups is 3. The maximum Gasteiger partial charge on any atom is 0.309 e. The van der Waals surface area contributed by atoms with Crippen LogP contribution in [-0.2, 0) is 49.5 Å². The number of hydrogen-bond acceptors (Lipinski definition) is 16. The Morgan fingerprint density at radius 3 is 2.26 bits per heavy atom. The van der Waals surface area contributed by atoms with Gasteiger partial charge in [0.15, 0.2) is 16.1 Å². The zero-order valence-electron chi connectivity index (χ0n) is 46.8. The van der Waals surface area contributed by atoms with Crippen molar-refractivity contribution in [3.8, 4) is 12.3 Å². The molecule has 19 heteroatoms. The van der Waals surface area contributed by atoms with Gasteiger partial charge < -0.3 is 53.5 Å². The Morgan fingerprint density at radius 2 is 1.68 bits per heavy atom. The van der Waals surface area contributed by atoms with E-state index < -0.39 is 118 Å². The number of aromatic nitrogens is 3. The largest absolute Gasteiger partial charge is 0.460 e. The van der Waals surface area contributed by atoms with Crippen LogP contribution < -0.4 is 0 Å². The van der Waals surface area contributed by atoms with Gasteiger partial charge in [-0.2, -0.15) is 0 Å². The average Bonchev–Trinajstić information content (AvgIpc) is 3.84. The highest BCUT2D eigenvalue weighted by molar-refractivity contribution is 7.91. The molecule has 1 unspecified atom stereocenters. The maximum atomic E-state index is 14.8. The third-order valence-electron chi connectivity index (χ3n) is 17.0. The number of hydrogen-bond donors (Lipinski definition) is 3. The summed E-state index contributed by atoms with van der Waals surface area (Å²) in [4.78, 5) is 19.2. The molecule has 0 bridgehead atoms. The summed E-state index contributed by atoms with van der Waals surface area (Å²) in [6.45, 7) is 20.6. The summed E-state index contributed by atoms with van der Waals surface area (Å²) in [5, 5.41) is 45.0. The highest BCUT2D eigenvalue weighted by atomic mass is 32.2. The first-order valence-electron chi connectivity index (χ1n) is 26.7. The smallest absolute Gasteiger partial charge is 0.309 e. The molecule has 17 nitrogen and oxygen atoms in total. The van der Waals surface area contributed by atoms with Crippen molar-refractivity contribution in [2.45, 2.75) is 204 Å². The van der Waals surface area contributed by atoms with E-state index in [9.17, 15) is 32.9 Å². The second kappa shape index (κ2) is 25.6. The Morgan fingerprint density at radius 1 is 1.01 bits per heavy atom. The number of halogens is 1. The van der Waals surface area contributed by atoms with Gasteiger partial charge in [0.25, 0.3) is 0 Å². The minimum atomic E-state index is -3.41. The molecule has 3 saturated heterocycles. The van der Waals surface area contributed by atoms with E-state index in [1.165, 1.54) is 23.9 Å². The lowest BCUT2D eigenvalue weighted by Gasteiger charge is -2.51. The normalized spacial score (nSPS) is 38.3. The topological polar surface area (TPSA) is 204 Å². The fourth-order valence-corrected chi connectivity index (χ4v) is 13.2.